The van der Waals surface area contributed by atoms with Crippen LogP contribution in [0.15, 0.2) is 24.4 Å². The SMILES string of the molecule is CCc1cc(-c2cc([C@@H](C(=O)N3C[C@H](Cl)[C@H]4OCC(=O)[C@H]43)C3CCCCC3)c(C(N)=O)s2)ccn1. The second-order valence-electron chi connectivity index (χ2n) is 9.72. The zero-order valence-corrected chi connectivity index (χ0v) is 21.3. The maximum absolute atomic E-state index is 14.2. The molecule has 1 saturated carbocycles. The number of nitrogens with zero attached hydrogens (tertiary/aromatic N) is 2. The van der Waals surface area contributed by atoms with Gasteiger partial charge in [-0.05, 0) is 54.5 Å². The van der Waals surface area contributed by atoms with E-state index in [-0.39, 0.29) is 30.8 Å². The van der Waals surface area contributed by atoms with Crippen LogP contribution in [0.2, 0.25) is 0 Å². The van der Waals surface area contributed by atoms with Gasteiger partial charge in [0, 0.05) is 23.3 Å². The van der Waals surface area contributed by atoms with Gasteiger partial charge in [-0.1, -0.05) is 26.2 Å². The number of pyridine rings is 1. The molecule has 0 radical (unpaired) electrons. The number of amides is 2. The highest BCUT2D eigenvalue weighted by atomic mass is 35.5. The molecule has 9 heteroatoms. The van der Waals surface area contributed by atoms with E-state index in [1.54, 1.807) is 11.1 Å². The lowest BCUT2D eigenvalue weighted by Crippen LogP contribution is -2.46. The highest BCUT2D eigenvalue weighted by Gasteiger charge is 2.53. The molecule has 0 aromatic carbocycles. The standard InChI is InChI=1S/C26H30ClN3O4S/c1-2-16-10-15(8-9-29-16)20-11-17(24(35-20)25(28)32)21(14-6-4-3-5-7-14)26(33)30-12-18(27)23-22(30)19(31)13-34-23/h8-11,14,18,21-23H,2-7,12-13H2,1H3,(H2,28,32)/t18-,21-,22+,23+/m0/s1. The van der Waals surface area contributed by atoms with Crippen molar-refractivity contribution in [2.24, 2.45) is 11.7 Å². The summed E-state index contributed by atoms with van der Waals surface area (Å²) in [4.78, 5) is 46.7. The molecule has 3 aliphatic rings. The van der Waals surface area contributed by atoms with Gasteiger partial charge in [-0.2, -0.15) is 0 Å². The molecule has 0 bridgehead atoms. The van der Waals surface area contributed by atoms with Crippen molar-refractivity contribution >= 4 is 40.5 Å². The number of likely N-dealkylation sites (tertiary alicyclic amines) is 1. The number of carbonyl (C=O) groups is 3. The van der Waals surface area contributed by atoms with Gasteiger partial charge in [0.25, 0.3) is 5.91 Å². The van der Waals surface area contributed by atoms with Crippen molar-refractivity contribution in [3.05, 3.63) is 40.5 Å². The van der Waals surface area contributed by atoms with Crippen LogP contribution in [0.4, 0.5) is 0 Å². The molecule has 2 aliphatic heterocycles. The Hall–Kier alpha value is -2.29. The monoisotopic (exact) mass is 515 g/mol. The molecule has 1 aliphatic carbocycles. The first-order chi connectivity index (χ1) is 16.9. The number of Topliss-reactive ketones (excluding diaryl/α,β-unsaturated/α-hetero) is 1. The zero-order chi connectivity index (χ0) is 24.7. The third-order valence-corrected chi connectivity index (χ3v) is 9.18. The van der Waals surface area contributed by atoms with Crippen LogP contribution in [0, 0.1) is 5.92 Å². The number of ether oxygens (including phenoxy) is 1. The minimum atomic E-state index is -0.654. The minimum Gasteiger partial charge on any atom is -0.366 e. The molecule has 7 nitrogen and oxygen atoms in total. The van der Waals surface area contributed by atoms with E-state index in [1.807, 2.05) is 25.1 Å². The highest BCUT2D eigenvalue weighted by molar-refractivity contribution is 7.17. The zero-order valence-electron chi connectivity index (χ0n) is 19.7. The molecule has 0 spiro atoms. The summed E-state index contributed by atoms with van der Waals surface area (Å²) in [5, 5.41) is -0.430. The maximum atomic E-state index is 14.2. The van der Waals surface area contributed by atoms with Gasteiger partial charge in [0.1, 0.15) is 18.8 Å². The first-order valence-corrected chi connectivity index (χ1v) is 13.6. The second-order valence-corrected chi connectivity index (χ2v) is 11.3. The fourth-order valence-electron chi connectivity index (χ4n) is 5.85. The topological polar surface area (TPSA) is 103 Å². The molecule has 2 N–H and O–H groups in total. The van der Waals surface area contributed by atoms with Crippen molar-refractivity contribution in [1.29, 1.82) is 0 Å². The van der Waals surface area contributed by atoms with Crippen LogP contribution in [0.25, 0.3) is 10.4 Å². The molecule has 4 atom stereocenters. The molecule has 2 saturated heterocycles. The summed E-state index contributed by atoms with van der Waals surface area (Å²) in [5.41, 5.74) is 8.43. The number of carbonyl (C=O) groups excluding carboxylic acids is 3. The summed E-state index contributed by atoms with van der Waals surface area (Å²) in [6.45, 7) is 2.28. The number of primary amides is 1. The molecule has 2 aromatic rings. The number of ketones is 1. The summed E-state index contributed by atoms with van der Waals surface area (Å²) in [6, 6.07) is 5.22. The number of hydrogen-bond donors (Lipinski definition) is 1. The minimum absolute atomic E-state index is 0.0205. The van der Waals surface area contributed by atoms with Gasteiger partial charge in [0.05, 0.1) is 16.2 Å². The summed E-state index contributed by atoms with van der Waals surface area (Å²) in [7, 11) is 0. The van der Waals surface area contributed by atoms with Crippen LogP contribution in [0.5, 0.6) is 0 Å². The van der Waals surface area contributed by atoms with Crippen LogP contribution in [-0.4, -0.2) is 58.2 Å². The molecule has 5 rings (SSSR count). The highest BCUT2D eigenvalue weighted by Crippen LogP contribution is 2.44. The Kier molecular flexibility index (Phi) is 6.97. The van der Waals surface area contributed by atoms with Gasteiger partial charge in [-0.3, -0.25) is 19.4 Å². The third kappa shape index (κ3) is 4.52. The first-order valence-electron chi connectivity index (χ1n) is 12.4. The lowest BCUT2D eigenvalue weighted by atomic mass is 9.75. The Bertz CT molecular complexity index is 1150. The van der Waals surface area contributed by atoms with Crippen molar-refractivity contribution in [1.82, 2.24) is 9.88 Å². The van der Waals surface area contributed by atoms with Gasteiger partial charge < -0.3 is 15.4 Å². The molecule has 35 heavy (non-hydrogen) atoms. The van der Waals surface area contributed by atoms with E-state index < -0.39 is 29.3 Å². The molecule has 4 heterocycles. The molecule has 2 amide bonds. The Morgan fingerprint density at radius 3 is 2.77 bits per heavy atom. The molecule has 2 aromatic heterocycles. The largest absolute Gasteiger partial charge is 0.366 e. The van der Waals surface area contributed by atoms with Crippen molar-refractivity contribution in [2.75, 3.05) is 13.2 Å². The number of aromatic nitrogens is 1. The van der Waals surface area contributed by atoms with E-state index in [0.717, 1.165) is 54.7 Å². The summed E-state index contributed by atoms with van der Waals surface area (Å²) in [6.07, 6.45) is 7.08. The summed E-state index contributed by atoms with van der Waals surface area (Å²) >= 11 is 7.82. The molecule has 186 valence electrons. The smallest absolute Gasteiger partial charge is 0.259 e. The van der Waals surface area contributed by atoms with E-state index in [4.69, 9.17) is 22.1 Å². The van der Waals surface area contributed by atoms with E-state index in [1.165, 1.54) is 11.3 Å². The van der Waals surface area contributed by atoms with E-state index in [9.17, 15) is 14.4 Å². The molecule has 0 unspecified atom stereocenters. The number of fused-ring (bicyclic) bond motifs is 1. The van der Waals surface area contributed by atoms with Crippen LogP contribution in [-0.2, 0) is 20.7 Å². The molecule has 3 fully saturated rings. The predicted octanol–water partition coefficient (Wildman–Crippen LogP) is 3.92. The van der Waals surface area contributed by atoms with Crippen molar-refractivity contribution in [2.45, 2.75) is 68.9 Å². The second kappa shape index (κ2) is 9.99. The average Bonchev–Trinajstić information content (AvgIpc) is 3.56. The van der Waals surface area contributed by atoms with Gasteiger partial charge >= 0.3 is 0 Å². The Morgan fingerprint density at radius 2 is 2.06 bits per heavy atom. The Labute approximate surface area is 214 Å². The normalized spacial score (nSPS) is 25.6. The maximum Gasteiger partial charge on any atom is 0.259 e. The van der Waals surface area contributed by atoms with Gasteiger partial charge in [-0.25, -0.2) is 0 Å². The number of thiophene rings is 1. The number of halogens is 1. The van der Waals surface area contributed by atoms with Crippen LogP contribution in [0.3, 0.4) is 0 Å². The van der Waals surface area contributed by atoms with Crippen molar-refractivity contribution < 1.29 is 19.1 Å². The predicted molar refractivity (Wildman–Crippen MR) is 135 cm³/mol. The number of hydrogen-bond acceptors (Lipinski definition) is 6. The number of alkyl halides is 1. The molecular formula is C26H30ClN3O4S. The first kappa shape index (κ1) is 24.4. The van der Waals surface area contributed by atoms with Gasteiger partial charge in [0.15, 0.2) is 5.78 Å². The Balaban J connectivity index is 1.58. The van der Waals surface area contributed by atoms with E-state index in [0.29, 0.717) is 10.4 Å². The fraction of sp³-hybridized carbons (Fsp3) is 0.538. The summed E-state index contributed by atoms with van der Waals surface area (Å²) in [5.74, 6) is -1.27. The lowest BCUT2D eigenvalue weighted by molar-refractivity contribution is -0.139. The number of rotatable bonds is 6. The lowest BCUT2D eigenvalue weighted by Gasteiger charge is -2.34. The van der Waals surface area contributed by atoms with E-state index in [2.05, 4.69) is 4.98 Å². The van der Waals surface area contributed by atoms with Gasteiger partial charge in [-0.15, -0.1) is 22.9 Å². The van der Waals surface area contributed by atoms with Crippen molar-refractivity contribution in [3.63, 3.8) is 0 Å². The van der Waals surface area contributed by atoms with Crippen molar-refractivity contribution in [3.8, 4) is 10.4 Å². The van der Waals surface area contributed by atoms with Crippen LogP contribution in [0.1, 0.15) is 65.9 Å². The Morgan fingerprint density at radius 1 is 1.29 bits per heavy atom. The summed E-state index contributed by atoms with van der Waals surface area (Å²) < 4.78 is 5.61. The molecular weight excluding hydrogens is 486 g/mol. The average molecular weight is 516 g/mol. The number of nitrogens with two attached hydrogens (primary N) is 1. The van der Waals surface area contributed by atoms with E-state index >= 15 is 0 Å². The van der Waals surface area contributed by atoms with Crippen LogP contribution >= 0.6 is 22.9 Å². The number of aryl methyl sites for hydroxylation is 1. The van der Waals surface area contributed by atoms with Crippen LogP contribution < -0.4 is 5.73 Å². The quantitative estimate of drug-likeness (QED) is 0.587. The fourth-order valence-corrected chi connectivity index (χ4v) is 7.27. The third-order valence-electron chi connectivity index (χ3n) is 7.58. The van der Waals surface area contributed by atoms with Gasteiger partial charge in [0.2, 0.25) is 5.91 Å².